The van der Waals surface area contributed by atoms with Gasteiger partial charge in [0.1, 0.15) is 0 Å². The highest BCUT2D eigenvalue weighted by molar-refractivity contribution is 7.98. The summed E-state index contributed by atoms with van der Waals surface area (Å²) in [7, 11) is 0. The Bertz CT molecular complexity index is 341. The zero-order valence-corrected chi connectivity index (χ0v) is 8.94. The number of nitrogens with two attached hydrogens (primary N) is 1. The lowest BCUT2D eigenvalue weighted by atomic mass is 10.2. The van der Waals surface area contributed by atoms with Crippen LogP contribution in [0.1, 0.15) is 5.56 Å². The molecule has 0 fully saturated rings. The highest BCUT2D eigenvalue weighted by Crippen LogP contribution is 2.25. The molecular weight excluding hydrogens is 198 g/mol. The molecule has 0 saturated carbocycles. The van der Waals surface area contributed by atoms with E-state index in [-0.39, 0.29) is 0 Å². The number of hydrogen-bond acceptors (Lipinski definition) is 3. The minimum Gasteiger partial charge on any atom is -0.307 e. The Hall–Kier alpha value is -1.20. The molecule has 0 radical (unpaired) electrons. The van der Waals surface area contributed by atoms with Gasteiger partial charge in [0.05, 0.1) is 0 Å². The average molecular weight is 211 g/mol. The fourth-order valence-electron chi connectivity index (χ4n) is 1.13. The van der Waals surface area contributed by atoms with Crippen molar-refractivity contribution < 1.29 is 4.79 Å². The molecule has 0 atom stereocenters. The summed E-state index contributed by atoms with van der Waals surface area (Å²) >= 11 is 1.64. The summed E-state index contributed by atoms with van der Waals surface area (Å²) in [6.07, 6.45) is 2.00. The van der Waals surface area contributed by atoms with Crippen LogP contribution in [0, 0.1) is 6.92 Å². The molecule has 14 heavy (non-hydrogen) atoms. The van der Waals surface area contributed by atoms with Crippen LogP contribution in [0.2, 0.25) is 0 Å². The molecule has 0 aliphatic heterocycles. The maximum Gasteiger partial charge on any atom is 0.333 e. The van der Waals surface area contributed by atoms with E-state index in [9.17, 15) is 4.79 Å². The first kappa shape index (κ1) is 10.9. The standard InChI is InChI=1S/C9H13N3OS/c1-6-7(11-9(13)12-10)4-3-5-8(6)14-2/h3-5H,10H2,1-2H3,(H2,11,12,13). The average Bonchev–Trinajstić information content (AvgIpc) is 2.21. The van der Waals surface area contributed by atoms with Crippen LogP contribution in [-0.2, 0) is 0 Å². The summed E-state index contributed by atoms with van der Waals surface area (Å²) < 4.78 is 0. The van der Waals surface area contributed by atoms with Crippen molar-refractivity contribution in [2.75, 3.05) is 11.6 Å². The molecule has 76 valence electrons. The second kappa shape index (κ2) is 4.88. The van der Waals surface area contributed by atoms with Gasteiger partial charge in [-0.05, 0) is 30.9 Å². The van der Waals surface area contributed by atoms with Gasteiger partial charge in [0.15, 0.2) is 0 Å². The third kappa shape index (κ3) is 2.40. The van der Waals surface area contributed by atoms with E-state index in [0.717, 1.165) is 16.1 Å². The first-order chi connectivity index (χ1) is 6.69. The van der Waals surface area contributed by atoms with E-state index < -0.39 is 6.03 Å². The van der Waals surface area contributed by atoms with E-state index in [4.69, 9.17) is 5.84 Å². The minimum atomic E-state index is -0.411. The Morgan fingerprint density at radius 1 is 1.50 bits per heavy atom. The zero-order chi connectivity index (χ0) is 10.6. The summed E-state index contributed by atoms with van der Waals surface area (Å²) in [5.74, 6) is 4.97. The highest BCUT2D eigenvalue weighted by Gasteiger charge is 2.05. The maximum absolute atomic E-state index is 11.0. The van der Waals surface area contributed by atoms with Gasteiger partial charge >= 0.3 is 6.03 Å². The first-order valence-corrected chi connectivity index (χ1v) is 5.32. The molecule has 0 heterocycles. The zero-order valence-electron chi connectivity index (χ0n) is 8.13. The summed E-state index contributed by atoms with van der Waals surface area (Å²) in [4.78, 5) is 12.1. The smallest absolute Gasteiger partial charge is 0.307 e. The predicted octanol–water partition coefficient (Wildman–Crippen LogP) is 1.71. The van der Waals surface area contributed by atoms with Crippen molar-refractivity contribution >= 4 is 23.5 Å². The van der Waals surface area contributed by atoms with E-state index in [1.807, 2.05) is 36.8 Å². The van der Waals surface area contributed by atoms with Gasteiger partial charge in [-0.3, -0.25) is 5.43 Å². The monoisotopic (exact) mass is 211 g/mol. The number of rotatable bonds is 2. The van der Waals surface area contributed by atoms with Crippen molar-refractivity contribution in [3.8, 4) is 0 Å². The molecule has 2 amide bonds. The topological polar surface area (TPSA) is 67.2 Å². The molecule has 0 aliphatic rings. The maximum atomic E-state index is 11.0. The Labute approximate surface area is 87.2 Å². The second-order valence-electron chi connectivity index (χ2n) is 2.73. The third-order valence-electron chi connectivity index (χ3n) is 1.88. The van der Waals surface area contributed by atoms with Crippen molar-refractivity contribution in [1.82, 2.24) is 5.43 Å². The van der Waals surface area contributed by atoms with Gasteiger partial charge in [-0.25, -0.2) is 10.6 Å². The fourth-order valence-corrected chi connectivity index (χ4v) is 1.76. The van der Waals surface area contributed by atoms with Crippen LogP contribution < -0.4 is 16.6 Å². The Morgan fingerprint density at radius 3 is 2.79 bits per heavy atom. The summed E-state index contributed by atoms with van der Waals surface area (Å²) in [6.45, 7) is 1.96. The van der Waals surface area contributed by atoms with Crippen molar-refractivity contribution in [2.45, 2.75) is 11.8 Å². The van der Waals surface area contributed by atoms with Crippen molar-refractivity contribution in [3.63, 3.8) is 0 Å². The van der Waals surface area contributed by atoms with Crippen molar-refractivity contribution in [3.05, 3.63) is 23.8 Å². The van der Waals surface area contributed by atoms with E-state index in [2.05, 4.69) is 5.32 Å². The van der Waals surface area contributed by atoms with Gasteiger partial charge in [0, 0.05) is 10.6 Å². The van der Waals surface area contributed by atoms with Crippen molar-refractivity contribution in [1.29, 1.82) is 0 Å². The lowest BCUT2D eigenvalue weighted by molar-refractivity contribution is 0.252. The predicted molar refractivity (Wildman–Crippen MR) is 59.3 cm³/mol. The summed E-state index contributed by atoms with van der Waals surface area (Å²) in [5, 5.41) is 2.65. The number of thioether (sulfide) groups is 1. The van der Waals surface area contributed by atoms with E-state index in [0.29, 0.717) is 0 Å². The van der Waals surface area contributed by atoms with Crippen LogP contribution in [0.15, 0.2) is 23.1 Å². The van der Waals surface area contributed by atoms with Crippen LogP contribution in [0.4, 0.5) is 10.5 Å². The van der Waals surface area contributed by atoms with E-state index in [1.165, 1.54) is 0 Å². The molecule has 0 aromatic heterocycles. The van der Waals surface area contributed by atoms with Crippen LogP contribution in [0.25, 0.3) is 0 Å². The number of hydrazine groups is 1. The van der Waals surface area contributed by atoms with Gasteiger partial charge in [-0.2, -0.15) is 0 Å². The minimum absolute atomic E-state index is 0.411. The normalized spacial score (nSPS) is 9.64. The molecule has 0 spiro atoms. The van der Waals surface area contributed by atoms with E-state index >= 15 is 0 Å². The molecule has 1 aromatic rings. The number of benzene rings is 1. The number of carbonyl (C=O) groups is 1. The number of urea groups is 1. The van der Waals surface area contributed by atoms with Crippen molar-refractivity contribution in [2.24, 2.45) is 5.84 Å². The molecule has 0 bridgehead atoms. The van der Waals surface area contributed by atoms with Crippen LogP contribution in [-0.4, -0.2) is 12.3 Å². The van der Waals surface area contributed by atoms with Gasteiger partial charge < -0.3 is 5.32 Å². The molecule has 0 aliphatic carbocycles. The summed E-state index contributed by atoms with van der Waals surface area (Å²) in [5.41, 5.74) is 3.84. The molecule has 4 N–H and O–H groups in total. The molecule has 1 aromatic carbocycles. The Morgan fingerprint density at radius 2 is 2.21 bits per heavy atom. The molecule has 5 heteroatoms. The summed E-state index contributed by atoms with van der Waals surface area (Å²) in [6, 6.07) is 5.33. The van der Waals surface area contributed by atoms with E-state index in [1.54, 1.807) is 11.8 Å². The lowest BCUT2D eigenvalue weighted by Gasteiger charge is -2.10. The number of nitrogens with one attached hydrogen (secondary N) is 2. The second-order valence-corrected chi connectivity index (χ2v) is 3.58. The van der Waals surface area contributed by atoms with Gasteiger partial charge in [-0.1, -0.05) is 6.07 Å². The molecule has 4 nitrogen and oxygen atoms in total. The highest BCUT2D eigenvalue weighted by atomic mass is 32.2. The van der Waals surface area contributed by atoms with Crippen LogP contribution in [0.3, 0.4) is 0 Å². The number of carbonyl (C=O) groups excluding carboxylic acids is 1. The fraction of sp³-hybridized carbons (Fsp3) is 0.222. The number of hydrogen-bond donors (Lipinski definition) is 3. The Kier molecular flexibility index (Phi) is 3.79. The molecule has 1 rings (SSSR count). The first-order valence-electron chi connectivity index (χ1n) is 4.10. The third-order valence-corrected chi connectivity index (χ3v) is 2.77. The SMILES string of the molecule is CSc1cccc(NC(=O)NN)c1C. The van der Waals surface area contributed by atoms with Crippen LogP contribution in [0.5, 0.6) is 0 Å². The van der Waals surface area contributed by atoms with Gasteiger partial charge in [0.2, 0.25) is 0 Å². The van der Waals surface area contributed by atoms with Crippen LogP contribution >= 0.6 is 11.8 Å². The van der Waals surface area contributed by atoms with Gasteiger partial charge in [-0.15, -0.1) is 11.8 Å². The lowest BCUT2D eigenvalue weighted by Crippen LogP contribution is -2.34. The number of anilines is 1. The van der Waals surface area contributed by atoms with Gasteiger partial charge in [0.25, 0.3) is 0 Å². The molecule has 0 saturated heterocycles. The Balaban J connectivity index is 2.92. The largest absolute Gasteiger partial charge is 0.333 e. The quantitative estimate of drug-likeness (QED) is 0.302. The molecular formula is C9H13N3OS. The number of amides is 2. The molecule has 0 unspecified atom stereocenters.